The van der Waals surface area contributed by atoms with Gasteiger partial charge in [-0.05, 0) is 74.2 Å². The first kappa shape index (κ1) is 24.8. The maximum absolute atomic E-state index is 12.7. The second kappa shape index (κ2) is 5.69. The van der Waals surface area contributed by atoms with Crippen LogP contribution in [0.3, 0.4) is 0 Å². The van der Waals surface area contributed by atoms with E-state index in [2.05, 4.69) is 10.7 Å². The minimum absolute atomic E-state index is 0.204. The third-order valence-corrected chi connectivity index (χ3v) is 6.67. The van der Waals surface area contributed by atoms with Crippen LogP contribution in [0.1, 0.15) is 22.3 Å². The lowest BCUT2D eigenvalue weighted by Crippen LogP contribution is -2.06. The number of aryl methyl sites for hydroxylation is 4. The Bertz CT molecular complexity index is 839. The molecule has 0 aliphatic heterocycles. The fourth-order valence-electron chi connectivity index (χ4n) is 1.91. The van der Waals surface area contributed by atoms with Crippen LogP contribution in [0.15, 0.2) is 46.2 Å². The monoisotopic (exact) mass is 480 g/mol. The molecule has 28 heavy (non-hydrogen) atoms. The zero-order valence-electron chi connectivity index (χ0n) is 15.1. The lowest BCUT2D eigenvalue weighted by atomic mass is 10.1. The van der Waals surface area contributed by atoms with Crippen molar-refractivity contribution < 1.29 is 35.0 Å². The van der Waals surface area contributed by atoms with Crippen LogP contribution >= 0.6 is 30.0 Å². The van der Waals surface area contributed by atoms with Gasteiger partial charge < -0.3 is 0 Å². The molecule has 0 N–H and O–H groups in total. The first-order valence-electron chi connectivity index (χ1n) is 7.43. The standard InChI is InChI=1S/C8H9ClF4S.C8H9F5S/c2*1-6-3-4-8(5-7(6)2)14(9,10,11,12)13/h2*3-5H,1-2H3. The Balaban J connectivity index is 0.000000280. The summed E-state index contributed by atoms with van der Waals surface area (Å²) in [7, 11) is -13.9. The number of benzene rings is 2. The number of hydrogen-bond donors (Lipinski definition) is 0. The highest BCUT2D eigenvalue weighted by Gasteiger charge is 2.65. The van der Waals surface area contributed by atoms with Crippen molar-refractivity contribution >= 4 is 30.0 Å². The molecule has 0 aromatic heterocycles. The van der Waals surface area contributed by atoms with Crippen molar-refractivity contribution in [3.05, 3.63) is 58.7 Å². The summed E-state index contributed by atoms with van der Waals surface area (Å²) in [5, 5.41) is 0. The average molecular weight is 481 g/mol. The summed E-state index contributed by atoms with van der Waals surface area (Å²) in [5.41, 5.74) is 1.78. The Labute approximate surface area is 161 Å². The van der Waals surface area contributed by atoms with E-state index in [0.29, 0.717) is 34.9 Å². The van der Waals surface area contributed by atoms with Gasteiger partial charge in [0.2, 0.25) is 0 Å². The van der Waals surface area contributed by atoms with Gasteiger partial charge in [-0.15, -0.1) is 15.5 Å². The molecule has 0 saturated heterocycles. The van der Waals surface area contributed by atoms with Gasteiger partial charge in [0, 0.05) is 10.7 Å². The minimum atomic E-state index is -9.49. The third kappa shape index (κ3) is 7.00. The van der Waals surface area contributed by atoms with Crippen LogP contribution in [-0.2, 0) is 0 Å². The molecule has 0 bridgehead atoms. The Morgan fingerprint density at radius 3 is 1.14 bits per heavy atom. The van der Waals surface area contributed by atoms with Crippen molar-refractivity contribution in [3.63, 3.8) is 0 Å². The maximum atomic E-state index is 12.7. The van der Waals surface area contributed by atoms with Gasteiger partial charge in [0.15, 0.2) is 0 Å². The fraction of sp³-hybridized carbons (Fsp3) is 0.250. The van der Waals surface area contributed by atoms with Crippen molar-refractivity contribution in [2.24, 2.45) is 0 Å². The Morgan fingerprint density at radius 2 is 0.857 bits per heavy atom. The highest BCUT2D eigenvalue weighted by Crippen LogP contribution is 3.04. The largest absolute Gasteiger partial charge is 0.310 e. The Kier molecular flexibility index (Phi) is 5.05. The second-order valence-electron chi connectivity index (χ2n) is 6.43. The van der Waals surface area contributed by atoms with Gasteiger partial charge in [0.1, 0.15) is 4.90 Å². The van der Waals surface area contributed by atoms with Gasteiger partial charge in [0.25, 0.3) is 9.05 Å². The molecule has 164 valence electrons. The molecule has 0 radical (unpaired) electrons. The average Bonchev–Trinajstić information content (AvgIpc) is 2.40. The van der Waals surface area contributed by atoms with E-state index in [4.69, 9.17) is 0 Å². The Hall–Kier alpha value is -1.20. The molecular weight excluding hydrogens is 463 g/mol. The SMILES string of the molecule is Cc1ccc(S(F)(F)(F)(F)Cl)cc1C.Cc1ccc(S(F)(F)(F)(F)F)cc1C. The van der Waals surface area contributed by atoms with E-state index < -0.39 is 29.1 Å². The van der Waals surface area contributed by atoms with E-state index in [0.717, 1.165) is 12.1 Å². The molecule has 0 nitrogen and oxygen atoms in total. The Morgan fingerprint density at radius 1 is 0.536 bits per heavy atom. The highest BCUT2D eigenvalue weighted by molar-refractivity contribution is 8.65. The van der Waals surface area contributed by atoms with Crippen LogP contribution in [0.5, 0.6) is 0 Å². The van der Waals surface area contributed by atoms with Crippen molar-refractivity contribution in [3.8, 4) is 0 Å². The van der Waals surface area contributed by atoms with Crippen LogP contribution in [0, 0.1) is 27.7 Å². The van der Waals surface area contributed by atoms with E-state index in [1.807, 2.05) is 0 Å². The van der Waals surface area contributed by atoms with Crippen molar-refractivity contribution in [2.45, 2.75) is 37.5 Å². The molecule has 12 heteroatoms. The maximum Gasteiger partial charge on any atom is 0.310 e. The van der Waals surface area contributed by atoms with Gasteiger partial charge >= 0.3 is 10.2 Å². The number of hydrogen-bond acceptors (Lipinski definition) is 0. The summed E-state index contributed by atoms with van der Waals surface area (Å²) in [6.07, 6.45) is 0. The molecule has 0 aliphatic rings. The van der Waals surface area contributed by atoms with E-state index in [1.165, 1.54) is 19.9 Å². The quantitative estimate of drug-likeness (QED) is 0.375. The number of rotatable bonds is 2. The fourth-order valence-corrected chi connectivity index (χ4v) is 3.65. The smallest absolute Gasteiger partial charge is 0.107 e. The number of halogens is 10. The van der Waals surface area contributed by atoms with E-state index in [-0.39, 0.29) is 5.56 Å². The first-order chi connectivity index (χ1) is 11.8. The zero-order valence-corrected chi connectivity index (χ0v) is 17.4. The summed E-state index contributed by atoms with van der Waals surface area (Å²) >= 11 is 0. The topological polar surface area (TPSA) is 0 Å². The summed E-state index contributed by atoms with van der Waals surface area (Å²) in [5.74, 6) is 0. The van der Waals surface area contributed by atoms with Crippen LogP contribution in [0.4, 0.5) is 35.0 Å². The van der Waals surface area contributed by atoms with Gasteiger partial charge in [-0.2, -0.15) is 0 Å². The van der Waals surface area contributed by atoms with E-state index in [9.17, 15) is 35.0 Å². The second-order valence-corrected chi connectivity index (χ2v) is 13.1. The minimum Gasteiger partial charge on any atom is -0.107 e. The van der Waals surface area contributed by atoms with Crippen LogP contribution in [-0.4, -0.2) is 0 Å². The van der Waals surface area contributed by atoms with Gasteiger partial charge in [-0.3, -0.25) is 0 Å². The predicted molar refractivity (Wildman–Crippen MR) is 99.4 cm³/mol. The summed E-state index contributed by atoms with van der Waals surface area (Å²) in [4.78, 5) is -3.22. The molecule has 0 unspecified atom stereocenters. The molecule has 0 heterocycles. The molecule has 0 fully saturated rings. The molecular formula is C16H18ClF9S2. The molecule has 0 saturated carbocycles. The van der Waals surface area contributed by atoms with Crippen LogP contribution in [0.25, 0.3) is 0 Å². The third-order valence-electron chi connectivity index (χ3n) is 3.85. The predicted octanol–water partition coefficient (Wildman–Crippen LogP) is 10.2. The van der Waals surface area contributed by atoms with Gasteiger partial charge in [-0.1, -0.05) is 31.6 Å². The van der Waals surface area contributed by atoms with Crippen molar-refractivity contribution in [1.29, 1.82) is 0 Å². The van der Waals surface area contributed by atoms with Crippen LogP contribution in [0.2, 0.25) is 0 Å². The molecule has 2 aromatic carbocycles. The first-order valence-corrected chi connectivity index (χ1v) is 12.3. The summed E-state index contributed by atoms with van der Waals surface area (Å²) in [6.45, 7) is 6.03. The van der Waals surface area contributed by atoms with E-state index in [1.54, 1.807) is 13.8 Å². The lowest BCUT2D eigenvalue weighted by molar-refractivity contribution is 0.364. The highest BCUT2D eigenvalue weighted by atomic mass is 35.7. The van der Waals surface area contributed by atoms with Crippen molar-refractivity contribution in [2.75, 3.05) is 0 Å². The summed E-state index contributed by atoms with van der Waals surface area (Å²) < 4.78 is 112. The molecule has 0 aliphatic carbocycles. The summed E-state index contributed by atoms with van der Waals surface area (Å²) in [6, 6.07) is 4.54. The molecule has 0 spiro atoms. The molecule has 0 amide bonds. The van der Waals surface area contributed by atoms with Crippen molar-refractivity contribution in [1.82, 2.24) is 0 Å². The lowest BCUT2D eigenvalue weighted by Gasteiger charge is -2.42. The van der Waals surface area contributed by atoms with Gasteiger partial charge in [0.05, 0.1) is 4.90 Å². The molecule has 2 rings (SSSR count). The van der Waals surface area contributed by atoms with E-state index >= 15 is 0 Å². The van der Waals surface area contributed by atoms with Crippen LogP contribution < -0.4 is 0 Å². The normalized spacial score (nSPS) is 17.4. The zero-order chi connectivity index (χ0) is 22.5. The van der Waals surface area contributed by atoms with Gasteiger partial charge in [-0.25, -0.2) is 0 Å². The molecule has 2 aromatic rings. The molecule has 0 atom stereocenters.